The second kappa shape index (κ2) is 8.13. The molecule has 3 unspecified atom stereocenters. The predicted molar refractivity (Wildman–Crippen MR) is 120 cm³/mol. The van der Waals surface area contributed by atoms with Gasteiger partial charge in [-0.2, -0.15) is 18.3 Å². The molecule has 1 N–H and O–H groups in total. The van der Waals surface area contributed by atoms with E-state index in [2.05, 4.69) is 31.5 Å². The molecule has 0 amide bonds. The number of aryl methyl sites for hydroxylation is 1. The van der Waals surface area contributed by atoms with Crippen molar-refractivity contribution in [1.82, 2.24) is 15.2 Å². The maximum atomic E-state index is 13.4. The normalized spacial score (nSPS) is 21.5. The Morgan fingerprint density at radius 2 is 1.85 bits per heavy atom. The first kappa shape index (κ1) is 21.9. The van der Waals surface area contributed by atoms with Crippen molar-refractivity contribution in [2.75, 3.05) is 23.4 Å². The summed E-state index contributed by atoms with van der Waals surface area (Å²) >= 11 is 0. The molecule has 1 aromatic carbocycles. The van der Waals surface area contributed by atoms with Gasteiger partial charge in [0.2, 0.25) is 0 Å². The third-order valence-electron chi connectivity index (χ3n) is 6.81. The summed E-state index contributed by atoms with van der Waals surface area (Å²) in [5.41, 5.74) is 2.59. The Labute approximate surface area is 190 Å². The summed E-state index contributed by atoms with van der Waals surface area (Å²) in [6.45, 7) is 6.60. The largest absolute Gasteiger partial charge is 0.416 e. The van der Waals surface area contributed by atoms with Crippen molar-refractivity contribution in [3.63, 3.8) is 0 Å². The number of fused-ring (bicyclic) bond motifs is 3. The van der Waals surface area contributed by atoms with Crippen molar-refractivity contribution in [2.45, 2.75) is 57.9 Å². The van der Waals surface area contributed by atoms with Crippen LogP contribution in [0.25, 0.3) is 10.9 Å². The van der Waals surface area contributed by atoms with E-state index in [-0.39, 0.29) is 5.56 Å². The highest BCUT2D eigenvalue weighted by molar-refractivity contribution is 5.92. The number of benzene rings is 1. The van der Waals surface area contributed by atoms with E-state index in [1.165, 1.54) is 13.0 Å². The fourth-order valence-electron chi connectivity index (χ4n) is 5.16. The van der Waals surface area contributed by atoms with Gasteiger partial charge in [0.05, 0.1) is 60.0 Å². The van der Waals surface area contributed by atoms with Gasteiger partial charge in [-0.15, -0.1) is 5.10 Å². The number of anilines is 2. The number of alkyl halides is 3. The number of rotatable bonds is 4. The van der Waals surface area contributed by atoms with E-state index < -0.39 is 17.8 Å². The second-order valence-corrected chi connectivity index (χ2v) is 8.94. The minimum atomic E-state index is -4.40. The topological polar surface area (TPSA) is 63.2 Å². The fraction of sp³-hybridized carbons (Fsp3) is 0.458. The van der Waals surface area contributed by atoms with E-state index in [0.29, 0.717) is 42.4 Å². The molecule has 4 heterocycles. The molecule has 33 heavy (non-hydrogen) atoms. The summed E-state index contributed by atoms with van der Waals surface area (Å²) < 4.78 is 45.9. The van der Waals surface area contributed by atoms with Crippen molar-refractivity contribution in [3.8, 4) is 0 Å². The number of ether oxygens (including phenoxy) is 1. The van der Waals surface area contributed by atoms with Gasteiger partial charge in [0.1, 0.15) is 0 Å². The Kier molecular flexibility index (Phi) is 5.39. The molecule has 3 atom stereocenters. The van der Waals surface area contributed by atoms with Crippen LogP contribution in [-0.4, -0.2) is 40.5 Å². The van der Waals surface area contributed by atoms with Gasteiger partial charge in [0.25, 0.3) is 0 Å². The van der Waals surface area contributed by atoms with Crippen LogP contribution in [0, 0.1) is 13.8 Å². The molecule has 2 bridgehead atoms. The highest BCUT2D eigenvalue weighted by atomic mass is 19.4. The van der Waals surface area contributed by atoms with Crippen molar-refractivity contribution in [3.05, 3.63) is 52.8 Å². The van der Waals surface area contributed by atoms with Gasteiger partial charge in [-0.25, -0.2) is 0 Å². The van der Waals surface area contributed by atoms with Crippen LogP contribution in [-0.2, 0) is 10.9 Å². The van der Waals surface area contributed by atoms with Crippen LogP contribution in [0.2, 0.25) is 0 Å². The highest BCUT2D eigenvalue weighted by Gasteiger charge is 2.38. The lowest BCUT2D eigenvalue weighted by molar-refractivity contribution is -0.138. The molecule has 5 rings (SSSR count). The summed E-state index contributed by atoms with van der Waals surface area (Å²) in [6, 6.07) is 6.59. The lowest BCUT2D eigenvalue weighted by Crippen LogP contribution is -2.45. The molecule has 2 saturated heterocycles. The predicted octanol–water partition coefficient (Wildman–Crippen LogP) is 5.20. The average Bonchev–Trinajstić information content (AvgIpc) is 3.03. The number of hydrogen-bond donors (Lipinski definition) is 1. The zero-order valence-corrected chi connectivity index (χ0v) is 18.8. The number of nitrogens with zero attached hydrogens (tertiary/aromatic N) is 4. The molecule has 2 aromatic heterocycles. The first-order valence-corrected chi connectivity index (χ1v) is 11.2. The Hall–Kier alpha value is -2.94. The molecule has 0 aliphatic carbocycles. The Balaban J connectivity index is 1.52. The Morgan fingerprint density at radius 3 is 2.55 bits per heavy atom. The van der Waals surface area contributed by atoms with Gasteiger partial charge in [0, 0.05) is 5.39 Å². The monoisotopic (exact) mass is 457 g/mol. The zero-order chi connectivity index (χ0) is 23.3. The molecule has 2 fully saturated rings. The molecule has 2 aliphatic rings. The third-order valence-corrected chi connectivity index (χ3v) is 6.81. The van der Waals surface area contributed by atoms with Gasteiger partial charge >= 0.3 is 6.18 Å². The summed E-state index contributed by atoms with van der Waals surface area (Å²) in [6.07, 6.45) is -0.342. The number of nitrogens with one attached hydrogen (secondary N) is 1. The van der Waals surface area contributed by atoms with E-state index in [1.807, 2.05) is 20.0 Å². The van der Waals surface area contributed by atoms with E-state index >= 15 is 0 Å². The van der Waals surface area contributed by atoms with Gasteiger partial charge in [-0.3, -0.25) is 4.98 Å². The molecule has 174 valence electrons. The number of hydrogen-bond acceptors (Lipinski definition) is 6. The highest BCUT2D eigenvalue weighted by Crippen LogP contribution is 2.38. The lowest BCUT2D eigenvalue weighted by Gasteiger charge is -2.36. The van der Waals surface area contributed by atoms with Crippen molar-refractivity contribution < 1.29 is 17.9 Å². The zero-order valence-electron chi connectivity index (χ0n) is 18.8. The molecule has 3 aromatic rings. The molecule has 0 radical (unpaired) electrons. The van der Waals surface area contributed by atoms with Crippen LogP contribution in [0.4, 0.5) is 24.7 Å². The number of aromatic nitrogens is 3. The van der Waals surface area contributed by atoms with Crippen LogP contribution in [0.5, 0.6) is 0 Å². The molecule has 6 nitrogen and oxygen atoms in total. The molecular weight excluding hydrogens is 431 g/mol. The van der Waals surface area contributed by atoms with Crippen LogP contribution in [0.15, 0.2) is 30.5 Å². The smallest absolute Gasteiger partial charge is 0.377 e. The van der Waals surface area contributed by atoms with E-state index in [0.717, 1.165) is 35.5 Å². The fourth-order valence-corrected chi connectivity index (χ4v) is 5.16. The van der Waals surface area contributed by atoms with Crippen molar-refractivity contribution in [1.29, 1.82) is 0 Å². The number of halogens is 3. The molecule has 2 aliphatic heterocycles. The Morgan fingerprint density at radius 1 is 1.12 bits per heavy atom. The first-order chi connectivity index (χ1) is 15.7. The maximum absolute atomic E-state index is 13.4. The van der Waals surface area contributed by atoms with Gasteiger partial charge in [-0.05, 0) is 56.9 Å². The summed E-state index contributed by atoms with van der Waals surface area (Å²) in [5.74, 6) is 0.509. The van der Waals surface area contributed by atoms with Crippen LogP contribution < -0.4 is 10.2 Å². The van der Waals surface area contributed by atoms with Crippen molar-refractivity contribution >= 4 is 22.4 Å². The van der Waals surface area contributed by atoms with Gasteiger partial charge < -0.3 is 15.0 Å². The number of pyridine rings is 1. The Bertz CT molecular complexity index is 1180. The minimum absolute atomic E-state index is 0.207. The van der Waals surface area contributed by atoms with Crippen molar-refractivity contribution in [2.24, 2.45) is 0 Å². The third kappa shape index (κ3) is 3.88. The quantitative estimate of drug-likeness (QED) is 0.581. The first-order valence-electron chi connectivity index (χ1n) is 11.2. The standard InChI is InChI=1S/C24H26F3N5O/c1-13-19(5-4-6-21(13)24(25,26)27)14(2)29-23-20-9-18(10-28-22(20)15(3)30-31-23)32-16-7-8-17(32)12-33-11-16/h4-6,9-10,14,16-17H,7-8,11-12H2,1-3H3,(H,29,31). The maximum Gasteiger partial charge on any atom is 0.416 e. The van der Waals surface area contributed by atoms with Crippen LogP contribution in [0.1, 0.15) is 48.2 Å². The lowest BCUT2D eigenvalue weighted by atomic mass is 9.97. The average molecular weight is 458 g/mol. The second-order valence-electron chi connectivity index (χ2n) is 8.94. The van der Waals surface area contributed by atoms with Crippen LogP contribution in [0.3, 0.4) is 0 Å². The SMILES string of the molecule is Cc1c(C(C)Nc2nnc(C)c3ncc(N4C5CCC4COC5)cc23)cccc1C(F)(F)F. The minimum Gasteiger partial charge on any atom is -0.377 e. The van der Waals surface area contributed by atoms with E-state index in [9.17, 15) is 13.2 Å². The summed E-state index contributed by atoms with van der Waals surface area (Å²) in [4.78, 5) is 7.07. The van der Waals surface area contributed by atoms with E-state index in [1.54, 1.807) is 6.07 Å². The van der Waals surface area contributed by atoms with Gasteiger partial charge in [0.15, 0.2) is 5.82 Å². The summed E-state index contributed by atoms with van der Waals surface area (Å²) in [5, 5.41) is 12.7. The molecular formula is C24H26F3N5O. The van der Waals surface area contributed by atoms with Crippen LogP contribution >= 0.6 is 0 Å². The van der Waals surface area contributed by atoms with E-state index in [4.69, 9.17) is 4.74 Å². The molecule has 9 heteroatoms. The van der Waals surface area contributed by atoms with Gasteiger partial charge in [-0.1, -0.05) is 12.1 Å². The molecule has 0 spiro atoms. The number of morpholine rings is 1. The summed E-state index contributed by atoms with van der Waals surface area (Å²) in [7, 11) is 0. The molecule has 0 saturated carbocycles.